The van der Waals surface area contributed by atoms with Crippen molar-refractivity contribution >= 4 is 29.5 Å². The molecule has 0 unspecified atom stereocenters. The van der Waals surface area contributed by atoms with Gasteiger partial charge in [0.05, 0.1) is 17.7 Å². The van der Waals surface area contributed by atoms with Gasteiger partial charge >= 0.3 is 17.9 Å². The highest BCUT2D eigenvalue weighted by Gasteiger charge is 2.46. The van der Waals surface area contributed by atoms with Crippen LogP contribution >= 0.6 is 11.6 Å². The van der Waals surface area contributed by atoms with Gasteiger partial charge in [-0.25, -0.2) is 0 Å². The normalized spacial score (nSPS) is 23.9. The quantitative estimate of drug-likeness (QED) is 0.331. The first-order chi connectivity index (χ1) is 18.7. The second-order valence-electron chi connectivity index (χ2n) is 10.5. The number of esters is 3. The van der Waals surface area contributed by atoms with Gasteiger partial charge in [-0.05, 0) is 47.4 Å². The van der Waals surface area contributed by atoms with Gasteiger partial charge in [-0.3, -0.25) is 14.4 Å². The molecule has 1 aliphatic carbocycles. The molecule has 2 aliphatic heterocycles. The molecule has 1 saturated heterocycles. The highest BCUT2D eigenvalue weighted by atomic mass is 35.5. The molecular formula is C30H33ClO8. The van der Waals surface area contributed by atoms with Gasteiger partial charge in [-0.15, -0.1) is 0 Å². The third kappa shape index (κ3) is 6.39. The van der Waals surface area contributed by atoms with Crippen LogP contribution in [0.2, 0.25) is 5.02 Å². The maximum Gasteiger partial charge on any atom is 0.303 e. The molecule has 2 aromatic rings. The first kappa shape index (κ1) is 27.5. The molecule has 2 fully saturated rings. The Bertz CT molecular complexity index is 1250. The van der Waals surface area contributed by atoms with Crippen LogP contribution < -0.4 is 4.74 Å². The van der Waals surface area contributed by atoms with Crippen LogP contribution in [-0.4, -0.2) is 49.4 Å². The number of carbonyl (C=O) groups is 3. The summed E-state index contributed by atoms with van der Waals surface area (Å²) < 4.78 is 28.9. The van der Waals surface area contributed by atoms with Crippen LogP contribution in [0, 0.1) is 0 Å². The average Bonchev–Trinajstić information content (AvgIpc) is 3.61. The number of benzene rings is 2. The molecule has 4 atom stereocenters. The van der Waals surface area contributed by atoms with E-state index in [1.165, 1.54) is 39.2 Å². The van der Waals surface area contributed by atoms with Crippen molar-refractivity contribution < 1.29 is 38.1 Å². The summed E-state index contributed by atoms with van der Waals surface area (Å²) in [6.07, 6.45) is 0.784. The molecule has 208 valence electrons. The molecule has 1 saturated carbocycles. The Hall–Kier alpha value is -3.10. The van der Waals surface area contributed by atoms with Crippen molar-refractivity contribution in [1.29, 1.82) is 0 Å². The van der Waals surface area contributed by atoms with Crippen LogP contribution in [-0.2, 0) is 46.2 Å². The van der Waals surface area contributed by atoms with Crippen molar-refractivity contribution in [2.45, 2.75) is 83.2 Å². The molecule has 5 rings (SSSR count). The predicted molar refractivity (Wildman–Crippen MR) is 142 cm³/mol. The smallest absolute Gasteiger partial charge is 0.303 e. The fraction of sp³-hybridized carbons (Fsp3) is 0.500. The highest BCUT2D eigenvalue weighted by molar-refractivity contribution is 6.33. The number of carbonyl (C=O) groups excluding carboxylic acids is 3. The molecule has 0 radical (unpaired) electrons. The summed E-state index contributed by atoms with van der Waals surface area (Å²) in [4.78, 5) is 35.7. The van der Waals surface area contributed by atoms with Crippen LogP contribution in [0.25, 0.3) is 0 Å². The standard InChI is InChI=1S/C30H33ClO8/c1-16(32)36-15-23-14-26(37-17(2)33)30(38-18(3)34)29(39-23)25-13-22(27(31)28-24(25)10-11-35-28)12-19-4-6-20(7-5-19)21-8-9-21/h4-7,13,21,23,26,29-30H,8-12,14-15H2,1-3H3/t23-,26-,29-,30+/m0/s1. The third-order valence-corrected chi connectivity index (χ3v) is 7.77. The summed E-state index contributed by atoms with van der Waals surface area (Å²) in [6, 6.07) is 10.6. The largest absolute Gasteiger partial charge is 0.491 e. The molecule has 0 bridgehead atoms. The maximum absolute atomic E-state index is 12.2. The van der Waals surface area contributed by atoms with Gasteiger partial charge in [-0.1, -0.05) is 41.9 Å². The minimum atomic E-state index is -0.906. The Morgan fingerprint density at radius 2 is 1.72 bits per heavy atom. The predicted octanol–water partition coefficient (Wildman–Crippen LogP) is 5.00. The van der Waals surface area contributed by atoms with Crippen LogP contribution in [0.1, 0.15) is 79.9 Å². The first-order valence-electron chi connectivity index (χ1n) is 13.4. The van der Waals surface area contributed by atoms with Gasteiger partial charge in [0.15, 0.2) is 6.10 Å². The Morgan fingerprint density at radius 3 is 2.36 bits per heavy atom. The second kappa shape index (κ2) is 11.6. The van der Waals surface area contributed by atoms with Crippen molar-refractivity contribution in [3.8, 4) is 5.75 Å². The van der Waals surface area contributed by atoms with Crippen molar-refractivity contribution in [2.75, 3.05) is 13.2 Å². The minimum Gasteiger partial charge on any atom is -0.491 e. The van der Waals surface area contributed by atoms with E-state index >= 15 is 0 Å². The van der Waals surface area contributed by atoms with Crippen molar-refractivity contribution in [3.05, 3.63) is 63.2 Å². The van der Waals surface area contributed by atoms with Crippen LogP contribution in [0.5, 0.6) is 5.75 Å². The monoisotopic (exact) mass is 556 g/mol. The third-order valence-electron chi connectivity index (χ3n) is 7.35. The summed E-state index contributed by atoms with van der Waals surface area (Å²) in [7, 11) is 0. The first-order valence-corrected chi connectivity index (χ1v) is 13.8. The van der Waals surface area contributed by atoms with Crippen molar-refractivity contribution in [2.24, 2.45) is 0 Å². The minimum absolute atomic E-state index is 0.0249. The van der Waals surface area contributed by atoms with Gasteiger partial charge in [0.2, 0.25) is 0 Å². The van der Waals surface area contributed by atoms with E-state index in [0.717, 1.165) is 22.3 Å². The molecule has 0 aromatic heterocycles. The summed E-state index contributed by atoms with van der Waals surface area (Å²) in [5.41, 5.74) is 4.94. The van der Waals surface area contributed by atoms with E-state index in [1.807, 2.05) is 6.07 Å². The van der Waals surface area contributed by atoms with Crippen LogP contribution in [0.3, 0.4) is 0 Å². The van der Waals surface area contributed by atoms with Crippen molar-refractivity contribution in [1.82, 2.24) is 0 Å². The van der Waals surface area contributed by atoms with Gasteiger partial charge < -0.3 is 23.7 Å². The lowest BCUT2D eigenvalue weighted by Crippen LogP contribution is -2.49. The second-order valence-corrected chi connectivity index (χ2v) is 10.9. The number of hydrogen-bond donors (Lipinski definition) is 0. The SMILES string of the molecule is CC(=O)OC[C@@H]1C[C@H](OC(C)=O)[C@@H](OC(C)=O)[C@H](c2cc(Cc3ccc(C4CC4)cc3)c(Cl)c3c2CCO3)O1. The highest BCUT2D eigenvalue weighted by Crippen LogP contribution is 2.46. The number of hydrogen-bond acceptors (Lipinski definition) is 8. The Balaban J connectivity index is 1.52. The topological polar surface area (TPSA) is 97.4 Å². The lowest BCUT2D eigenvalue weighted by atomic mass is 9.87. The molecule has 8 nitrogen and oxygen atoms in total. The Labute approximate surface area is 232 Å². The van der Waals surface area contributed by atoms with Gasteiger partial charge in [0.25, 0.3) is 0 Å². The van der Waals surface area contributed by atoms with Crippen LogP contribution in [0.4, 0.5) is 0 Å². The molecule has 0 N–H and O–H groups in total. The summed E-state index contributed by atoms with van der Waals surface area (Å²) >= 11 is 6.86. The van der Waals surface area contributed by atoms with E-state index in [0.29, 0.717) is 36.1 Å². The van der Waals surface area contributed by atoms with Gasteiger partial charge in [-0.2, -0.15) is 0 Å². The fourth-order valence-corrected chi connectivity index (χ4v) is 5.78. The van der Waals surface area contributed by atoms with E-state index in [-0.39, 0.29) is 13.0 Å². The number of fused-ring (bicyclic) bond motifs is 1. The molecule has 2 heterocycles. The van der Waals surface area contributed by atoms with E-state index in [1.54, 1.807) is 0 Å². The van der Waals surface area contributed by atoms with E-state index in [4.69, 9.17) is 35.3 Å². The van der Waals surface area contributed by atoms with Crippen molar-refractivity contribution in [3.63, 3.8) is 0 Å². The van der Waals surface area contributed by atoms with Gasteiger partial charge in [0, 0.05) is 39.2 Å². The number of rotatable bonds is 8. The van der Waals surface area contributed by atoms with Crippen LogP contribution in [0.15, 0.2) is 30.3 Å². The Kier molecular flexibility index (Phi) is 8.14. The molecule has 0 spiro atoms. The lowest BCUT2D eigenvalue weighted by Gasteiger charge is -2.41. The average molecular weight is 557 g/mol. The zero-order valence-electron chi connectivity index (χ0n) is 22.4. The summed E-state index contributed by atoms with van der Waals surface area (Å²) in [5, 5.41) is 0.547. The zero-order valence-corrected chi connectivity index (χ0v) is 23.1. The molecule has 3 aliphatic rings. The summed E-state index contributed by atoms with van der Waals surface area (Å²) in [5.74, 6) is -0.215. The molecule has 2 aromatic carbocycles. The maximum atomic E-state index is 12.2. The molecular weight excluding hydrogens is 524 g/mol. The number of ether oxygens (including phenoxy) is 5. The Morgan fingerprint density at radius 1 is 1.00 bits per heavy atom. The van der Waals surface area contributed by atoms with Gasteiger partial charge in [0.1, 0.15) is 24.6 Å². The van der Waals surface area contributed by atoms with E-state index in [9.17, 15) is 14.4 Å². The number of halogens is 1. The molecule has 9 heteroatoms. The zero-order chi connectivity index (χ0) is 27.7. The van der Waals surface area contributed by atoms with E-state index < -0.39 is 42.3 Å². The summed E-state index contributed by atoms with van der Waals surface area (Å²) in [6.45, 7) is 4.35. The van der Waals surface area contributed by atoms with E-state index in [2.05, 4.69) is 24.3 Å². The molecule has 39 heavy (non-hydrogen) atoms. The fourth-order valence-electron chi connectivity index (χ4n) is 5.49. The molecule has 0 amide bonds. The lowest BCUT2D eigenvalue weighted by molar-refractivity contribution is -0.214.